The van der Waals surface area contributed by atoms with Gasteiger partial charge in [-0.2, -0.15) is 0 Å². The van der Waals surface area contributed by atoms with E-state index in [2.05, 4.69) is 45.6 Å². The molecule has 5 heteroatoms. The summed E-state index contributed by atoms with van der Waals surface area (Å²) >= 11 is 3.36. The van der Waals surface area contributed by atoms with Crippen LogP contribution >= 0.6 is 15.9 Å². The fraction of sp³-hybridized carbons (Fsp3) is 0.500. The normalized spacial score (nSPS) is 10.7. The first-order valence-electron chi connectivity index (χ1n) is 6.49. The highest BCUT2D eigenvalue weighted by atomic mass is 79.9. The van der Waals surface area contributed by atoms with Crippen molar-refractivity contribution in [2.24, 2.45) is 0 Å². The number of amides is 1. The zero-order chi connectivity index (χ0) is 14.1. The molecule has 0 unspecified atom stereocenters. The first-order chi connectivity index (χ1) is 9.08. The van der Waals surface area contributed by atoms with E-state index in [-0.39, 0.29) is 5.91 Å². The van der Waals surface area contributed by atoms with E-state index >= 15 is 0 Å². The number of rotatable bonds is 8. The molecule has 1 aromatic rings. The minimum absolute atomic E-state index is 0.00469. The van der Waals surface area contributed by atoms with E-state index in [1.54, 1.807) is 0 Å². The van der Waals surface area contributed by atoms with Crippen LogP contribution < -0.4 is 10.6 Å². The molecule has 0 bridgehead atoms. The van der Waals surface area contributed by atoms with Crippen molar-refractivity contribution < 1.29 is 4.79 Å². The van der Waals surface area contributed by atoms with Crippen LogP contribution in [0, 0.1) is 0 Å². The van der Waals surface area contributed by atoms with Gasteiger partial charge in [0.15, 0.2) is 0 Å². The fourth-order valence-electron chi connectivity index (χ4n) is 1.62. The molecule has 0 fully saturated rings. The van der Waals surface area contributed by atoms with Crippen molar-refractivity contribution in [1.29, 1.82) is 0 Å². The van der Waals surface area contributed by atoms with Crippen LogP contribution in [0.1, 0.15) is 12.8 Å². The lowest BCUT2D eigenvalue weighted by Crippen LogP contribution is -2.29. The molecule has 0 spiro atoms. The molecule has 0 aliphatic carbocycles. The SMILES string of the molecule is CN(C)CCCCNCC(=O)Nc1ccc(Br)cc1. The molecule has 1 rings (SSSR count). The molecule has 106 valence electrons. The number of halogens is 1. The van der Waals surface area contributed by atoms with Gasteiger partial charge in [0.2, 0.25) is 5.91 Å². The Balaban J connectivity index is 2.09. The van der Waals surface area contributed by atoms with Gasteiger partial charge in [0, 0.05) is 10.2 Å². The van der Waals surface area contributed by atoms with E-state index in [4.69, 9.17) is 0 Å². The third-order valence-electron chi connectivity index (χ3n) is 2.62. The summed E-state index contributed by atoms with van der Waals surface area (Å²) in [6, 6.07) is 7.56. The summed E-state index contributed by atoms with van der Waals surface area (Å²) in [6.45, 7) is 2.33. The Morgan fingerprint density at radius 2 is 1.89 bits per heavy atom. The molecule has 0 heterocycles. The minimum atomic E-state index is -0.00469. The third kappa shape index (κ3) is 7.97. The van der Waals surface area contributed by atoms with Gasteiger partial charge in [0.05, 0.1) is 6.54 Å². The lowest BCUT2D eigenvalue weighted by Gasteiger charge is -2.09. The molecule has 4 nitrogen and oxygen atoms in total. The number of anilines is 1. The van der Waals surface area contributed by atoms with Crippen LogP contribution in [0.15, 0.2) is 28.7 Å². The van der Waals surface area contributed by atoms with Gasteiger partial charge in [-0.25, -0.2) is 0 Å². The number of nitrogens with one attached hydrogen (secondary N) is 2. The van der Waals surface area contributed by atoms with Gasteiger partial charge in [-0.05, 0) is 64.3 Å². The summed E-state index contributed by atoms with van der Waals surface area (Å²) < 4.78 is 1.00. The standard InChI is InChI=1S/C14H22BrN3O/c1-18(2)10-4-3-9-16-11-14(19)17-13-7-5-12(15)6-8-13/h5-8,16H,3-4,9-11H2,1-2H3,(H,17,19). The summed E-state index contributed by atoms with van der Waals surface area (Å²) in [7, 11) is 4.14. The van der Waals surface area contributed by atoms with Gasteiger partial charge in [0.25, 0.3) is 0 Å². The average Bonchev–Trinajstić information content (AvgIpc) is 2.36. The number of unbranched alkanes of at least 4 members (excludes halogenated alkanes) is 1. The first-order valence-corrected chi connectivity index (χ1v) is 7.28. The summed E-state index contributed by atoms with van der Waals surface area (Å²) in [5.74, 6) is -0.00469. The highest BCUT2D eigenvalue weighted by molar-refractivity contribution is 9.10. The van der Waals surface area contributed by atoms with Gasteiger partial charge >= 0.3 is 0 Å². The quantitative estimate of drug-likeness (QED) is 0.720. The lowest BCUT2D eigenvalue weighted by molar-refractivity contribution is -0.115. The van der Waals surface area contributed by atoms with Crippen LogP contribution in [0.3, 0.4) is 0 Å². The number of hydrogen-bond acceptors (Lipinski definition) is 3. The summed E-state index contributed by atoms with van der Waals surface area (Å²) in [4.78, 5) is 13.8. The fourth-order valence-corrected chi connectivity index (χ4v) is 1.88. The predicted octanol–water partition coefficient (Wildman–Crippen LogP) is 2.32. The van der Waals surface area contributed by atoms with Crippen molar-refractivity contribution >= 4 is 27.5 Å². The van der Waals surface area contributed by atoms with Gasteiger partial charge in [-0.3, -0.25) is 4.79 Å². The second-order valence-corrected chi connectivity index (χ2v) is 5.66. The second kappa shape index (κ2) is 9.07. The van der Waals surface area contributed by atoms with Crippen LogP contribution in [0.25, 0.3) is 0 Å². The van der Waals surface area contributed by atoms with Crippen molar-refractivity contribution in [3.8, 4) is 0 Å². The molecule has 19 heavy (non-hydrogen) atoms. The van der Waals surface area contributed by atoms with E-state index in [9.17, 15) is 4.79 Å². The molecular formula is C14H22BrN3O. The summed E-state index contributed by atoms with van der Waals surface area (Å²) in [5.41, 5.74) is 0.822. The van der Waals surface area contributed by atoms with Gasteiger partial charge < -0.3 is 15.5 Å². The van der Waals surface area contributed by atoms with Crippen molar-refractivity contribution in [2.45, 2.75) is 12.8 Å². The Bertz CT molecular complexity index is 379. The predicted molar refractivity (Wildman–Crippen MR) is 83.4 cm³/mol. The van der Waals surface area contributed by atoms with E-state index in [0.717, 1.165) is 36.1 Å². The topological polar surface area (TPSA) is 44.4 Å². The van der Waals surface area contributed by atoms with Crippen molar-refractivity contribution in [3.05, 3.63) is 28.7 Å². The maximum Gasteiger partial charge on any atom is 0.238 e. The Labute approximate surface area is 123 Å². The van der Waals surface area contributed by atoms with Gasteiger partial charge in [-0.15, -0.1) is 0 Å². The van der Waals surface area contributed by atoms with Crippen LogP contribution in [0.5, 0.6) is 0 Å². The molecule has 0 atom stereocenters. The number of benzene rings is 1. The van der Waals surface area contributed by atoms with Crippen LogP contribution in [0.2, 0.25) is 0 Å². The Hall–Kier alpha value is -0.910. The molecule has 0 saturated carbocycles. The Morgan fingerprint density at radius 1 is 1.21 bits per heavy atom. The lowest BCUT2D eigenvalue weighted by atomic mass is 10.3. The zero-order valence-corrected chi connectivity index (χ0v) is 13.2. The molecular weight excluding hydrogens is 306 g/mol. The molecule has 0 aromatic heterocycles. The number of carbonyl (C=O) groups is 1. The van der Waals surface area contributed by atoms with Crippen molar-refractivity contribution in [1.82, 2.24) is 10.2 Å². The van der Waals surface area contributed by atoms with Gasteiger partial charge in [-0.1, -0.05) is 15.9 Å². The highest BCUT2D eigenvalue weighted by Crippen LogP contribution is 2.13. The monoisotopic (exact) mass is 327 g/mol. The number of carbonyl (C=O) groups excluding carboxylic acids is 1. The maximum absolute atomic E-state index is 11.6. The summed E-state index contributed by atoms with van der Waals surface area (Å²) in [5, 5.41) is 6.00. The van der Waals surface area contributed by atoms with E-state index in [1.165, 1.54) is 0 Å². The maximum atomic E-state index is 11.6. The highest BCUT2D eigenvalue weighted by Gasteiger charge is 2.01. The minimum Gasteiger partial charge on any atom is -0.325 e. The Morgan fingerprint density at radius 3 is 2.53 bits per heavy atom. The average molecular weight is 328 g/mol. The summed E-state index contributed by atoms with van der Waals surface area (Å²) in [6.07, 6.45) is 2.23. The number of nitrogens with zero attached hydrogens (tertiary/aromatic N) is 1. The zero-order valence-electron chi connectivity index (χ0n) is 11.6. The third-order valence-corrected chi connectivity index (χ3v) is 3.15. The molecule has 0 saturated heterocycles. The second-order valence-electron chi connectivity index (χ2n) is 4.74. The molecule has 0 radical (unpaired) electrons. The van der Waals surface area contributed by atoms with Crippen LogP contribution in [-0.4, -0.2) is 44.5 Å². The molecule has 1 aromatic carbocycles. The van der Waals surface area contributed by atoms with E-state index in [1.807, 2.05) is 24.3 Å². The Kier molecular flexibility index (Phi) is 7.70. The van der Waals surface area contributed by atoms with Crippen LogP contribution in [0.4, 0.5) is 5.69 Å². The van der Waals surface area contributed by atoms with Crippen LogP contribution in [-0.2, 0) is 4.79 Å². The largest absolute Gasteiger partial charge is 0.325 e. The first kappa shape index (κ1) is 16.1. The van der Waals surface area contributed by atoms with Gasteiger partial charge in [0.1, 0.15) is 0 Å². The van der Waals surface area contributed by atoms with E-state index in [0.29, 0.717) is 6.54 Å². The van der Waals surface area contributed by atoms with Crippen molar-refractivity contribution in [2.75, 3.05) is 39.0 Å². The van der Waals surface area contributed by atoms with E-state index < -0.39 is 0 Å². The number of hydrogen-bond donors (Lipinski definition) is 2. The molecule has 2 N–H and O–H groups in total. The molecule has 1 amide bonds. The molecule has 0 aliphatic rings. The smallest absolute Gasteiger partial charge is 0.238 e. The van der Waals surface area contributed by atoms with Crippen molar-refractivity contribution in [3.63, 3.8) is 0 Å². The molecule has 0 aliphatic heterocycles.